The SMILES string of the molecule is CN(CC(=O)Nc1ccc(Cl)cc1)C(=O)c1ccc(Cl)c(S(=O)(=O)N2CCCCC2)c1. The Morgan fingerprint density at radius 3 is 2.32 bits per heavy atom. The number of likely N-dealkylation sites (N-methyl/N-ethyl adjacent to an activating group) is 1. The molecule has 0 unspecified atom stereocenters. The third-order valence-electron chi connectivity index (χ3n) is 4.97. The number of piperidine rings is 1. The van der Waals surface area contributed by atoms with Crippen molar-refractivity contribution in [1.82, 2.24) is 9.21 Å². The number of benzene rings is 2. The van der Waals surface area contributed by atoms with Crippen LogP contribution in [0, 0.1) is 0 Å². The molecule has 0 bridgehead atoms. The van der Waals surface area contributed by atoms with E-state index >= 15 is 0 Å². The molecule has 0 spiro atoms. The van der Waals surface area contributed by atoms with Crippen LogP contribution in [0.2, 0.25) is 10.0 Å². The highest BCUT2D eigenvalue weighted by Gasteiger charge is 2.29. The van der Waals surface area contributed by atoms with Gasteiger partial charge in [-0.05, 0) is 55.3 Å². The average Bonchev–Trinajstić information content (AvgIpc) is 2.75. The number of amides is 2. The molecule has 1 fully saturated rings. The van der Waals surface area contributed by atoms with E-state index in [0.29, 0.717) is 23.8 Å². The Balaban J connectivity index is 1.73. The third-order valence-corrected chi connectivity index (χ3v) is 7.60. The molecule has 2 aromatic carbocycles. The first-order valence-corrected chi connectivity index (χ1v) is 12.0. The van der Waals surface area contributed by atoms with E-state index in [9.17, 15) is 18.0 Å². The fourth-order valence-corrected chi connectivity index (χ4v) is 5.46. The molecule has 31 heavy (non-hydrogen) atoms. The van der Waals surface area contributed by atoms with Gasteiger partial charge in [0.25, 0.3) is 5.91 Å². The van der Waals surface area contributed by atoms with Crippen molar-refractivity contribution in [2.45, 2.75) is 24.2 Å². The van der Waals surface area contributed by atoms with E-state index in [1.807, 2.05) is 0 Å². The van der Waals surface area contributed by atoms with Crippen LogP contribution in [0.15, 0.2) is 47.4 Å². The minimum atomic E-state index is -3.80. The Kier molecular flexibility index (Phi) is 7.59. The van der Waals surface area contributed by atoms with Crippen LogP contribution in [0.4, 0.5) is 5.69 Å². The van der Waals surface area contributed by atoms with E-state index in [2.05, 4.69) is 5.32 Å². The molecule has 2 aromatic rings. The largest absolute Gasteiger partial charge is 0.332 e. The molecule has 10 heteroatoms. The van der Waals surface area contributed by atoms with Gasteiger partial charge in [-0.2, -0.15) is 4.31 Å². The quantitative estimate of drug-likeness (QED) is 0.675. The molecular weight excluding hydrogens is 461 g/mol. The van der Waals surface area contributed by atoms with Gasteiger partial charge < -0.3 is 10.2 Å². The summed E-state index contributed by atoms with van der Waals surface area (Å²) in [6.45, 7) is 0.654. The molecule has 0 aliphatic carbocycles. The molecule has 0 saturated carbocycles. The highest BCUT2D eigenvalue weighted by atomic mass is 35.5. The Hall–Kier alpha value is -2.13. The van der Waals surface area contributed by atoms with Gasteiger partial charge in [0.2, 0.25) is 15.9 Å². The number of sulfonamides is 1. The second-order valence-corrected chi connectivity index (χ2v) is 10.1. The Morgan fingerprint density at radius 1 is 1.03 bits per heavy atom. The number of nitrogens with one attached hydrogen (secondary N) is 1. The lowest BCUT2D eigenvalue weighted by Gasteiger charge is -2.26. The number of hydrogen-bond donors (Lipinski definition) is 1. The molecule has 1 aliphatic heterocycles. The predicted octanol–water partition coefficient (Wildman–Crippen LogP) is 3.88. The van der Waals surface area contributed by atoms with Crippen molar-refractivity contribution >= 4 is 50.7 Å². The zero-order valence-corrected chi connectivity index (χ0v) is 19.3. The van der Waals surface area contributed by atoms with Gasteiger partial charge in [-0.3, -0.25) is 9.59 Å². The van der Waals surface area contributed by atoms with E-state index in [4.69, 9.17) is 23.2 Å². The molecule has 1 saturated heterocycles. The summed E-state index contributed by atoms with van der Waals surface area (Å²) in [5.74, 6) is -0.883. The van der Waals surface area contributed by atoms with Crippen LogP contribution in [0.25, 0.3) is 0 Å². The standard InChI is InChI=1S/C21H23Cl2N3O4S/c1-25(14-20(27)24-17-8-6-16(22)7-9-17)21(28)15-5-10-18(23)19(13-15)31(29,30)26-11-3-2-4-12-26/h5-10,13H,2-4,11-12,14H2,1H3,(H,24,27). The van der Waals surface area contributed by atoms with Crippen molar-refractivity contribution in [3.05, 3.63) is 58.1 Å². The Bertz CT molecular complexity index is 1070. The topological polar surface area (TPSA) is 86.8 Å². The highest BCUT2D eigenvalue weighted by Crippen LogP contribution is 2.28. The predicted molar refractivity (Wildman–Crippen MR) is 121 cm³/mol. The molecule has 0 aromatic heterocycles. The summed E-state index contributed by atoms with van der Waals surface area (Å²) in [7, 11) is -2.33. The van der Waals surface area contributed by atoms with Gasteiger partial charge in [0.05, 0.1) is 11.6 Å². The van der Waals surface area contributed by atoms with Crippen LogP contribution in [0.3, 0.4) is 0 Å². The number of anilines is 1. The van der Waals surface area contributed by atoms with Crippen LogP contribution in [-0.2, 0) is 14.8 Å². The van der Waals surface area contributed by atoms with Crippen molar-refractivity contribution in [2.75, 3.05) is 32.0 Å². The third kappa shape index (κ3) is 5.77. The monoisotopic (exact) mass is 483 g/mol. The molecule has 3 rings (SSSR count). The number of carbonyl (C=O) groups excluding carboxylic acids is 2. The zero-order valence-electron chi connectivity index (χ0n) is 17.0. The summed E-state index contributed by atoms with van der Waals surface area (Å²) in [5.41, 5.74) is 0.693. The minimum absolute atomic E-state index is 0.0604. The maximum atomic E-state index is 13.0. The second kappa shape index (κ2) is 9.99. The first kappa shape index (κ1) is 23.5. The van der Waals surface area contributed by atoms with E-state index in [1.165, 1.54) is 34.5 Å². The van der Waals surface area contributed by atoms with E-state index in [-0.39, 0.29) is 22.0 Å². The van der Waals surface area contributed by atoms with Crippen molar-refractivity contribution in [2.24, 2.45) is 0 Å². The van der Waals surface area contributed by atoms with Gasteiger partial charge >= 0.3 is 0 Å². The van der Waals surface area contributed by atoms with Gasteiger partial charge in [0.15, 0.2) is 0 Å². The average molecular weight is 484 g/mol. The summed E-state index contributed by atoms with van der Waals surface area (Å²) >= 11 is 12.0. The van der Waals surface area contributed by atoms with Crippen molar-refractivity contribution in [3.63, 3.8) is 0 Å². The molecule has 166 valence electrons. The second-order valence-electron chi connectivity index (χ2n) is 7.33. The van der Waals surface area contributed by atoms with Crippen molar-refractivity contribution in [1.29, 1.82) is 0 Å². The summed E-state index contributed by atoms with van der Waals surface area (Å²) in [6, 6.07) is 10.7. The minimum Gasteiger partial charge on any atom is -0.332 e. The molecule has 7 nitrogen and oxygen atoms in total. The fraction of sp³-hybridized carbons (Fsp3) is 0.333. The van der Waals surface area contributed by atoms with Crippen LogP contribution in [0.5, 0.6) is 0 Å². The van der Waals surface area contributed by atoms with Crippen LogP contribution >= 0.6 is 23.2 Å². The first-order chi connectivity index (χ1) is 14.7. The molecule has 1 aliphatic rings. The highest BCUT2D eigenvalue weighted by molar-refractivity contribution is 7.89. The number of rotatable bonds is 6. The van der Waals surface area contributed by atoms with E-state index < -0.39 is 21.8 Å². The van der Waals surface area contributed by atoms with Crippen molar-refractivity contribution in [3.8, 4) is 0 Å². The van der Waals surface area contributed by atoms with Crippen LogP contribution in [0.1, 0.15) is 29.6 Å². The van der Waals surface area contributed by atoms with Gasteiger partial charge in [0, 0.05) is 36.4 Å². The molecule has 0 atom stereocenters. The molecule has 2 amide bonds. The summed E-state index contributed by atoms with van der Waals surface area (Å²) in [5, 5.41) is 3.28. The van der Waals surface area contributed by atoms with Crippen LogP contribution in [-0.4, -0.2) is 56.1 Å². The van der Waals surface area contributed by atoms with Gasteiger partial charge in [-0.15, -0.1) is 0 Å². The van der Waals surface area contributed by atoms with Crippen LogP contribution < -0.4 is 5.32 Å². The van der Waals surface area contributed by atoms with Crippen molar-refractivity contribution < 1.29 is 18.0 Å². The molecule has 1 heterocycles. The zero-order chi connectivity index (χ0) is 22.6. The van der Waals surface area contributed by atoms with E-state index in [1.54, 1.807) is 24.3 Å². The Morgan fingerprint density at radius 2 is 1.68 bits per heavy atom. The fourth-order valence-electron chi connectivity index (χ4n) is 3.32. The maximum absolute atomic E-state index is 13.0. The smallest absolute Gasteiger partial charge is 0.254 e. The summed E-state index contributed by atoms with van der Waals surface area (Å²) < 4.78 is 27.4. The van der Waals surface area contributed by atoms with Gasteiger partial charge in [0.1, 0.15) is 4.90 Å². The number of nitrogens with zero attached hydrogens (tertiary/aromatic N) is 2. The number of halogens is 2. The normalized spacial score (nSPS) is 14.8. The van der Waals surface area contributed by atoms with E-state index in [0.717, 1.165) is 19.3 Å². The first-order valence-electron chi connectivity index (χ1n) is 9.79. The lowest BCUT2D eigenvalue weighted by atomic mass is 10.2. The summed E-state index contributed by atoms with van der Waals surface area (Å²) in [4.78, 5) is 26.2. The molecule has 1 N–H and O–H groups in total. The Labute approximate surface area is 192 Å². The number of hydrogen-bond acceptors (Lipinski definition) is 4. The molecule has 0 radical (unpaired) electrons. The van der Waals surface area contributed by atoms with Gasteiger partial charge in [-0.1, -0.05) is 29.6 Å². The lowest BCUT2D eigenvalue weighted by molar-refractivity contribution is -0.116. The summed E-state index contributed by atoms with van der Waals surface area (Å²) in [6.07, 6.45) is 2.57. The molecular formula is C21H23Cl2N3O4S. The number of carbonyl (C=O) groups is 2. The lowest BCUT2D eigenvalue weighted by Crippen LogP contribution is -2.36. The van der Waals surface area contributed by atoms with Gasteiger partial charge in [-0.25, -0.2) is 8.42 Å². The maximum Gasteiger partial charge on any atom is 0.254 e.